The van der Waals surface area contributed by atoms with Crippen LogP contribution in [0.5, 0.6) is 5.75 Å². The summed E-state index contributed by atoms with van der Waals surface area (Å²) in [5.74, 6) is 0.575. The number of ketones is 1. The number of Topliss-reactive ketones (excluding diaryl/α,β-unsaturated/α-hetero) is 1. The third-order valence-corrected chi connectivity index (χ3v) is 3.42. The van der Waals surface area contributed by atoms with Crippen molar-refractivity contribution in [3.8, 4) is 16.9 Å². The van der Waals surface area contributed by atoms with Crippen LogP contribution in [-0.2, 0) is 0 Å². The summed E-state index contributed by atoms with van der Waals surface area (Å²) in [6.45, 7) is 3.51. The normalized spacial score (nSPS) is 10.3. The van der Waals surface area contributed by atoms with Gasteiger partial charge in [0.25, 0.3) is 0 Å². The molecule has 0 unspecified atom stereocenters. The molecule has 0 heterocycles. The number of hydrogen-bond acceptors (Lipinski definition) is 2. The van der Waals surface area contributed by atoms with Crippen LogP contribution in [0.3, 0.4) is 0 Å². The highest BCUT2D eigenvalue weighted by Crippen LogP contribution is 2.34. The molecule has 2 aromatic carbocycles. The smallest absolute Gasteiger partial charge is 0.163 e. The van der Waals surface area contributed by atoms with Crippen molar-refractivity contribution in [2.45, 2.75) is 13.8 Å². The molecule has 2 nitrogen and oxygen atoms in total. The molecule has 3 heteroatoms. The van der Waals surface area contributed by atoms with Crippen LogP contribution >= 0.6 is 11.6 Å². The van der Waals surface area contributed by atoms with Crippen LogP contribution < -0.4 is 4.74 Å². The fraction of sp³-hybridized carbons (Fsp3) is 0.188. The predicted molar refractivity (Wildman–Crippen MR) is 78.2 cm³/mol. The molecule has 0 aliphatic heterocycles. The minimum atomic E-state index is -0.0230. The van der Waals surface area contributed by atoms with Crippen molar-refractivity contribution in [3.05, 3.63) is 52.5 Å². The highest BCUT2D eigenvalue weighted by Gasteiger charge is 2.14. The summed E-state index contributed by atoms with van der Waals surface area (Å²) in [5.41, 5.74) is 3.47. The van der Waals surface area contributed by atoms with Gasteiger partial charge in [-0.3, -0.25) is 4.79 Å². The van der Waals surface area contributed by atoms with Crippen molar-refractivity contribution < 1.29 is 9.53 Å². The lowest BCUT2D eigenvalue weighted by atomic mass is 9.96. The first kappa shape index (κ1) is 13.6. The zero-order chi connectivity index (χ0) is 14.0. The van der Waals surface area contributed by atoms with Gasteiger partial charge in [-0.25, -0.2) is 0 Å². The van der Waals surface area contributed by atoms with Gasteiger partial charge in [0.15, 0.2) is 5.78 Å². The fourth-order valence-electron chi connectivity index (χ4n) is 2.10. The third kappa shape index (κ3) is 2.64. The Kier molecular flexibility index (Phi) is 3.91. The van der Waals surface area contributed by atoms with Crippen molar-refractivity contribution in [1.29, 1.82) is 0 Å². The minimum absolute atomic E-state index is 0.0230. The molecule has 19 heavy (non-hydrogen) atoms. The van der Waals surface area contributed by atoms with E-state index in [2.05, 4.69) is 0 Å². The quantitative estimate of drug-likeness (QED) is 0.769. The Bertz CT molecular complexity index is 633. The molecule has 0 radical (unpaired) electrons. The molecule has 2 aromatic rings. The molecule has 0 N–H and O–H groups in total. The van der Waals surface area contributed by atoms with Crippen molar-refractivity contribution >= 4 is 17.4 Å². The minimum Gasteiger partial charge on any atom is -0.496 e. The van der Waals surface area contributed by atoms with Crippen LogP contribution in [0.2, 0.25) is 5.02 Å². The first-order chi connectivity index (χ1) is 9.04. The molecule has 0 saturated heterocycles. The summed E-state index contributed by atoms with van der Waals surface area (Å²) in [7, 11) is 1.57. The average Bonchev–Trinajstić information content (AvgIpc) is 2.39. The molecule has 2 rings (SSSR count). The number of rotatable bonds is 3. The van der Waals surface area contributed by atoms with E-state index in [0.717, 1.165) is 16.7 Å². The van der Waals surface area contributed by atoms with E-state index in [1.165, 1.54) is 6.92 Å². The predicted octanol–water partition coefficient (Wildman–Crippen LogP) is 4.53. The molecule has 0 atom stereocenters. The van der Waals surface area contributed by atoms with Crippen LogP contribution in [0.25, 0.3) is 11.1 Å². The lowest BCUT2D eigenvalue weighted by molar-refractivity contribution is 0.101. The Morgan fingerprint density at radius 3 is 2.42 bits per heavy atom. The molecular formula is C16H15ClO2. The highest BCUT2D eigenvalue weighted by atomic mass is 35.5. The Labute approximate surface area is 118 Å². The first-order valence-electron chi connectivity index (χ1n) is 5.99. The molecule has 0 spiro atoms. The zero-order valence-electron chi connectivity index (χ0n) is 11.2. The van der Waals surface area contributed by atoms with Crippen molar-refractivity contribution in [2.75, 3.05) is 7.11 Å². The number of ether oxygens (including phenoxy) is 1. The molecule has 0 fully saturated rings. The van der Waals surface area contributed by atoms with Crippen molar-refractivity contribution in [1.82, 2.24) is 0 Å². The topological polar surface area (TPSA) is 26.3 Å². The summed E-state index contributed by atoms with van der Waals surface area (Å²) in [4.78, 5) is 11.7. The van der Waals surface area contributed by atoms with E-state index in [1.54, 1.807) is 7.11 Å². The average molecular weight is 275 g/mol. The second kappa shape index (κ2) is 5.45. The van der Waals surface area contributed by atoms with Gasteiger partial charge in [-0.15, -0.1) is 0 Å². The summed E-state index contributed by atoms with van der Waals surface area (Å²) < 4.78 is 5.25. The number of benzene rings is 2. The Morgan fingerprint density at radius 1 is 1.16 bits per heavy atom. The van der Waals surface area contributed by atoms with Gasteiger partial charge in [-0.1, -0.05) is 29.8 Å². The number of hydrogen-bond donors (Lipinski definition) is 0. The van der Waals surface area contributed by atoms with E-state index >= 15 is 0 Å². The number of carbonyl (C=O) groups is 1. The second-order valence-electron chi connectivity index (χ2n) is 4.40. The van der Waals surface area contributed by atoms with Gasteiger partial charge in [0.05, 0.1) is 12.7 Å². The highest BCUT2D eigenvalue weighted by molar-refractivity contribution is 6.33. The summed E-state index contributed by atoms with van der Waals surface area (Å²) in [6, 6.07) is 11.3. The monoisotopic (exact) mass is 274 g/mol. The Hall–Kier alpha value is -1.80. The molecule has 0 amide bonds. The lowest BCUT2D eigenvalue weighted by Gasteiger charge is -2.13. The van der Waals surface area contributed by atoms with Gasteiger partial charge in [0.2, 0.25) is 0 Å². The zero-order valence-corrected chi connectivity index (χ0v) is 11.9. The van der Waals surface area contributed by atoms with E-state index in [4.69, 9.17) is 16.3 Å². The molecule has 0 saturated carbocycles. The maximum atomic E-state index is 11.7. The van der Waals surface area contributed by atoms with Crippen molar-refractivity contribution in [3.63, 3.8) is 0 Å². The maximum absolute atomic E-state index is 11.7. The molecule has 0 aliphatic carbocycles. The summed E-state index contributed by atoms with van der Waals surface area (Å²) in [6.07, 6.45) is 0. The van der Waals surface area contributed by atoms with Crippen LogP contribution in [0.1, 0.15) is 22.8 Å². The van der Waals surface area contributed by atoms with Gasteiger partial charge in [-0.05, 0) is 43.2 Å². The van der Waals surface area contributed by atoms with Crippen LogP contribution in [0.4, 0.5) is 0 Å². The van der Waals surface area contributed by atoms with E-state index in [1.807, 2.05) is 43.3 Å². The largest absolute Gasteiger partial charge is 0.496 e. The van der Waals surface area contributed by atoms with Gasteiger partial charge in [0, 0.05) is 10.6 Å². The van der Waals surface area contributed by atoms with E-state index in [9.17, 15) is 4.79 Å². The summed E-state index contributed by atoms with van der Waals surface area (Å²) >= 11 is 6.22. The molecule has 98 valence electrons. The number of halogens is 1. The number of methoxy groups -OCH3 is 1. The number of carbonyl (C=O) groups excluding carboxylic acids is 1. The number of aryl methyl sites for hydroxylation is 1. The molecule has 0 aliphatic rings. The standard InChI is InChI=1S/C16H15ClO2/c1-10-8-16(19-3)14(11(2)18)9-13(10)12-6-4-5-7-15(12)17/h4-9H,1-3H3. The van der Waals surface area contributed by atoms with Gasteiger partial charge in [-0.2, -0.15) is 0 Å². The maximum Gasteiger partial charge on any atom is 0.163 e. The molecule has 0 bridgehead atoms. The van der Waals surface area contributed by atoms with E-state index in [0.29, 0.717) is 16.3 Å². The van der Waals surface area contributed by atoms with E-state index in [-0.39, 0.29) is 5.78 Å². The first-order valence-corrected chi connectivity index (χ1v) is 6.37. The van der Waals surface area contributed by atoms with Crippen LogP contribution in [0, 0.1) is 6.92 Å². The van der Waals surface area contributed by atoms with Gasteiger partial charge < -0.3 is 4.74 Å². The fourth-order valence-corrected chi connectivity index (χ4v) is 2.33. The lowest BCUT2D eigenvalue weighted by Crippen LogP contribution is -1.99. The molecular weight excluding hydrogens is 260 g/mol. The van der Waals surface area contributed by atoms with Crippen molar-refractivity contribution in [2.24, 2.45) is 0 Å². The van der Waals surface area contributed by atoms with Crippen LogP contribution in [0.15, 0.2) is 36.4 Å². The second-order valence-corrected chi connectivity index (χ2v) is 4.81. The van der Waals surface area contributed by atoms with Gasteiger partial charge >= 0.3 is 0 Å². The van der Waals surface area contributed by atoms with Gasteiger partial charge in [0.1, 0.15) is 5.75 Å². The van der Waals surface area contributed by atoms with Crippen LogP contribution in [-0.4, -0.2) is 12.9 Å². The third-order valence-electron chi connectivity index (χ3n) is 3.09. The Morgan fingerprint density at radius 2 is 1.84 bits per heavy atom. The van der Waals surface area contributed by atoms with E-state index < -0.39 is 0 Å². The Balaban J connectivity index is 2.68. The molecule has 0 aromatic heterocycles. The summed E-state index contributed by atoms with van der Waals surface area (Å²) in [5, 5.41) is 0.672. The SMILES string of the molecule is COc1cc(C)c(-c2ccccc2Cl)cc1C(C)=O.